The van der Waals surface area contributed by atoms with Gasteiger partial charge >= 0.3 is 5.97 Å². The number of aliphatic carboxylic acids is 1. The molecule has 1 rings (SSSR count). The Kier molecular flexibility index (Phi) is 5.55. The molecule has 1 aromatic carbocycles. The summed E-state index contributed by atoms with van der Waals surface area (Å²) in [6, 6.07) is 7.02. The Bertz CT molecular complexity index is 440. The third-order valence-corrected chi connectivity index (χ3v) is 3.62. The molecule has 0 aromatic heterocycles. The predicted molar refractivity (Wildman–Crippen MR) is 78.4 cm³/mol. The molecule has 0 amide bonds. The van der Waals surface area contributed by atoms with E-state index >= 15 is 0 Å². The van der Waals surface area contributed by atoms with Gasteiger partial charge in [-0.15, -0.1) is 0 Å². The zero-order chi connectivity index (χ0) is 14.6. The van der Waals surface area contributed by atoms with E-state index in [1.54, 1.807) is 0 Å². The SMILES string of the molecule is Cc1ccc(C(C)N(CCC(=O)O)C(C)C)c(C)c1. The van der Waals surface area contributed by atoms with E-state index in [4.69, 9.17) is 5.11 Å². The number of carboxylic acid groups (broad SMARTS) is 1. The number of nitrogens with zero attached hydrogens (tertiary/aromatic N) is 1. The normalized spacial score (nSPS) is 13.0. The van der Waals surface area contributed by atoms with Crippen molar-refractivity contribution in [3.8, 4) is 0 Å². The van der Waals surface area contributed by atoms with Gasteiger partial charge < -0.3 is 5.11 Å². The van der Waals surface area contributed by atoms with Crippen molar-refractivity contribution in [2.24, 2.45) is 0 Å². The summed E-state index contributed by atoms with van der Waals surface area (Å²) in [5, 5.41) is 8.86. The second-order valence-corrected chi connectivity index (χ2v) is 5.51. The molecule has 0 bridgehead atoms. The molecule has 3 nitrogen and oxygen atoms in total. The highest BCUT2D eigenvalue weighted by atomic mass is 16.4. The average molecular weight is 263 g/mol. The van der Waals surface area contributed by atoms with E-state index in [1.165, 1.54) is 16.7 Å². The molecular formula is C16H25NO2. The lowest BCUT2D eigenvalue weighted by molar-refractivity contribution is -0.137. The van der Waals surface area contributed by atoms with Gasteiger partial charge in [-0.1, -0.05) is 23.8 Å². The summed E-state index contributed by atoms with van der Waals surface area (Å²) in [6.07, 6.45) is 0.188. The minimum absolute atomic E-state index is 0.188. The maximum atomic E-state index is 10.8. The molecule has 106 valence electrons. The van der Waals surface area contributed by atoms with E-state index < -0.39 is 5.97 Å². The smallest absolute Gasteiger partial charge is 0.304 e. The predicted octanol–water partition coefficient (Wildman–Crippen LogP) is 3.55. The fourth-order valence-electron chi connectivity index (χ4n) is 2.60. The van der Waals surface area contributed by atoms with E-state index in [-0.39, 0.29) is 12.5 Å². The van der Waals surface area contributed by atoms with Gasteiger partial charge in [0, 0.05) is 18.6 Å². The Morgan fingerprint density at radius 2 is 1.89 bits per heavy atom. The van der Waals surface area contributed by atoms with Crippen molar-refractivity contribution in [1.29, 1.82) is 0 Å². The second-order valence-electron chi connectivity index (χ2n) is 5.51. The lowest BCUT2D eigenvalue weighted by Crippen LogP contribution is -2.35. The van der Waals surface area contributed by atoms with Gasteiger partial charge in [0.25, 0.3) is 0 Å². The molecule has 19 heavy (non-hydrogen) atoms. The standard InChI is InChI=1S/C16H25NO2/c1-11(2)17(9-8-16(18)19)14(5)15-7-6-12(3)10-13(15)4/h6-7,10-11,14H,8-9H2,1-5H3,(H,18,19). The number of carbonyl (C=O) groups is 1. The largest absolute Gasteiger partial charge is 0.481 e. The number of aryl methyl sites for hydroxylation is 2. The minimum atomic E-state index is -0.738. The highest BCUT2D eigenvalue weighted by molar-refractivity contribution is 5.66. The van der Waals surface area contributed by atoms with Crippen LogP contribution in [0.15, 0.2) is 18.2 Å². The van der Waals surface area contributed by atoms with Crippen molar-refractivity contribution in [3.05, 3.63) is 34.9 Å². The Hall–Kier alpha value is -1.35. The van der Waals surface area contributed by atoms with Gasteiger partial charge in [-0.25, -0.2) is 0 Å². The molecule has 0 aliphatic carbocycles. The van der Waals surface area contributed by atoms with Crippen LogP contribution in [0.1, 0.15) is 49.9 Å². The van der Waals surface area contributed by atoms with Crippen molar-refractivity contribution in [3.63, 3.8) is 0 Å². The van der Waals surface area contributed by atoms with Gasteiger partial charge in [-0.05, 0) is 45.7 Å². The Balaban J connectivity index is 2.92. The quantitative estimate of drug-likeness (QED) is 0.853. The molecule has 0 saturated carbocycles. The lowest BCUT2D eigenvalue weighted by atomic mass is 9.98. The van der Waals surface area contributed by atoms with Gasteiger partial charge in [0.1, 0.15) is 0 Å². The third-order valence-electron chi connectivity index (χ3n) is 3.62. The summed E-state index contributed by atoms with van der Waals surface area (Å²) in [5.41, 5.74) is 3.81. The molecule has 1 N–H and O–H groups in total. The van der Waals surface area contributed by atoms with E-state index in [9.17, 15) is 4.79 Å². The summed E-state index contributed by atoms with van der Waals surface area (Å²) < 4.78 is 0. The zero-order valence-electron chi connectivity index (χ0n) is 12.6. The van der Waals surface area contributed by atoms with Gasteiger partial charge in [0.2, 0.25) is 0 Å². The van der Waals surface area contributed by atoms with Crippen molar-refractivity contribution >= 4 is 5.97 Å². The van der Waals surface area contributed by atoms with E-state index in [0.717, 1.165) is 0 Å². The van der Waals surface area contributed by atoms with E-state index in [1.807, 2.05) is 0 Å². The topological polar surface area (TPSA) is 40.5 Å². The first-order valence-corrected chi connectivity index (χ1v) is 6.87. The summed E-state index contributed by atoms with van der Waals surface area (Å²) >= 11 is 0. The van der Waals surface area contributed by atoms with Crippen molar-refractivity contribution < 1.29 is 9.90 Å². The van der Waals surface area contributed by atoms with Crippen LogP contribution in [-0.2, 0) is 4.79 Å². The minimum Gasteiger partial charge on any atom is -0.481 e. The van der Waals surface area contributed by atoms with Crippen LogP contribution in [0, 0.1) is 13.8 Å². The molecule has 0 spiro atoms. The highest BCUT2D eigenvalue weighted by Gasteiger charge is 2.20. The van der Waals surface area contributed by atoms with Gasteiger partial charge in [-0.2, -0.15) is 0 Å². The summed E-state index contributed by atoms with van der Waals surface area (Å²) in [6.45, 7) is 11.2. The number of carboxylic acids is 1. The number of rotatable bonds is 6. The molecule has 0 fully saturated rings. The van der Waals surface area contributed by atoms with E-state index in [2.05, 4.69) is 57.7 Å². The molecular weight excluding hydrogens is 238 g/mol. The summed E-state index contributed by atoms with van der Waals surface area (Å²) in [4.78, 5) is 13.0. The third kappa shape index (κ3) is 4.35. The van der Waals surface area contributed by atoms with Gasteiger partial charge in [0.05, 0.1) is 6.42 Å². The zero-order valence-corrected chi connectivity index (χ0v) is 12.6. The highest BCUT2D eigenvalue weighted by Crippen LogP contribution is 2.26. The molecule has 1 atom stereocenters. The van der Waals surface area contributed by atoms with Crippen LogP contribution in [0.5, 0.6) is 0 Å². The Morgan fingerprint density at radius 3 is 2.37 bits per heavy atom. The lowest BCUT2D eigenvalue weighted by Gasteiger charge is -2.33. The fraction of sp³-hybridized carbons (Fsp3) is 0.562. The second kappa shape index (κ2) is 6.71. The number of benzene rings is 1. The first kappa shape index (κ1) is 15.7. The average Bonchev–Trinajstić information content (AvgIpc) is 2.27. The molecule has 0 saturated heterocycles. The molecule has 1 aromatic rings. The van der Waals surface area contributed by atoms with Crippen molar-refractivity contribution in [2.45, 2.75) is 53.1 Å². The van der Waals surface area contributed by atoms with Crippen LogP contribution in [0.25, 0.3) is 0 Å². The van der Waals surface area contributed by atoms with Crippen molar-refractivity contribution in [1.82, 2.24) is 4.90 Å². The maximum absolute atomic E-state index is 10.8. The van der Waals surface area contributed by atoms with Gasteiger partial charge in [-0.3, -0.25) is 9.69 Å². The van der Waals surface area contributed by atoms with E-state index in [0.29, 0.717) is 12.6 Å². The molecule has 0 aliphatic heterocycles. The monoisotopic (exact) mass is 263 g/mol. The van der Waals surface area contributed by atoms with Crippen LogP contribution in [0.4, 0.5) is 0 Å². The Labute approximate surface area is 116 Å². The first-order chi connectivity index (χ1) is 8.82. The van der Waals surface area contributed by atoms with Crippen LogP contribution >= 0.6 is 0 Å². The molecule has 0 heterocycles. The Morgan fingerprint density at radius 1 is 1.26 bits per heavy atom. The summed E-state index contributed by atoms with van der Waals surface area (Å²) in [5.74, 6) is -0.738. The van der Waals surface area contributed by atoms with Crippen LogP contribution in [-0.4, -0.2) is 28.6 Å². The fourth-order valence-corrected chi connectivity index (χ4v) is 2.60. The summed E-state index contributed by atoms with van der Waals surface area (Å²) in [7, 11) is 0. The number of hydrogen-bond donors (Lipinski definition) is 1. The molecule has 0 aliphatic rings. The first-order valence-electron chi connectivity index (χ1n) is 6.87. The molecule has 3 heteroatoms. The van der Waals surface area contributed by atoms with Crippen molar-refractivity contribution in [2.75, 3.05) is 6.54 Å². The van der Waals surface area contributed by atoms with Gasteiger partial charge in [0.15, 0.2) is 0 Å². The molecule has 0 radical (unpaired) electrons. The maximum Gasteiger partial charge on any atom is 0.304 e. The van der Waals surface area contributed by atoms with Crippen LogP contribution in [0.2, 0.25) is 0 Å². The molecule has 1 unspecified atom stereocenters. The van der Waals surface area contributed by atoms with Crippen LogP contribution in [0.3, 0.4) is 0 Å². The van der Waals surface area contributed by atoms with Crippen LogP contribution < -0.4 is 0 Å². The number of hydrogen-bond acceptors (Lipinski definition) is 2.